The zero-order valence-corrected chi connectivity index (χ0v) is 13.3. The average Bonchev–Trinajstić information content (AvgIpc) is 2.54. The second-order valence-electron chi connectivity index (χ2n) is 4.76. The Morgan fingerprint density at radius 3 is 2.31 bits per heavy atom. The maximum Gasteiger partial charge on any atom is 0.516 e. The van der Waals surface area contributed by atoms with Crippen molar-refractivity contribution in [2.45, 2.75) is 5.51 Å². The van der Waals surface area contributed by atoms with Crippen LogP contribution in [0.1, 0.15) is 11.1 Å². The second kappa shape index (κ2) is 6.90. The maximum absolute atomic E-state index is 13.4. The predicted octanol–water partition coefficient (Wildman–Crippen LogP) is 3.62. The number of nitrogens with zero attached hydrogens (tertiary/aromatic N) is 2. The third kappa shape index (κ3) is 4.20. The first-order chi connectivity index (χ1) is 12.1. The molecule has 2 rings (SSSR count). The van der Waals surface area contributed by atoms with Crippen LogP contribution in [-0.4, -0.2) is 13.9 Å². The fourth-order valence-electron chi connectivity index (χ4n) is 1.80. The van der Waals surface area contributed by atoms with Crippen molar-refractivity contribution in [2.75, 3.05) is 4.72 Å². The molecule has 0 fully saturated rings. The molecule has 11 heteroatoms. The zero-order valence-electron chi connectivity index (χ0n) is 12.5. The lowest BCUT2D eigenvalue weighted by molar-refractivity contribution is -0.0429. The lowest BCUT2D eigenvalue weighted by Crippen LogP contribution is -2.29. The molecule has 1 N–H and O–H groups in total. The Morgan fingerprint density at radius 1 is 1.04 bits per heavy atom. The van der Waals surface area contributed by atoms with Gasteiger partial charge in [0.25, 0.3) is 0 Å². The number of anilines is 1. The number of rotatable bonds is 4. The molecule has 0 radical (unpaired) electrons. The van der Waals surface area contributed by atoms with Gasteiger partial charge in [0.05, 0.1) is 22.9 Å². The summed E-state index contributed by atoms with van der Waals surface area (Å²) in [6, 6.07) is 9.19. The highest BCUT2D eigenvalue weighted by molar-refractivity contribution is 7.93. The van der Waals surface area contributed by atoms with Gasteiger partial charge in [-0.2, -0.15) is 32.1 Å². The van der Waals surface area contributed by atoms with Crippen molar-refractivity contribution >= 4 is 15.7 Å². The van der Waals surface area contributed by atoms with E-state index >= 15 is 0 Å². The number of ether oxygens (including phenoxy) is 1. The molecule has 0 unspecified atom stereocenters. The van der Waals surface area contributed by atoms with Gasteiger partial charge in [0.15, 0.2) is 0 Å². The molecule has 0 amide bonds. The van der Waals surface area contributed by atoms with Crippen molar-refractivity contribution in [1.29, 1.82) is 10.5 Å². The fourth-order valence-corrected chi connectivity index (χ4v) is 2.35. The molecule has 0 aromatic heterocycles. The van der Waals surface area contributed by atoms with E-state index in [-0.39, 0.29) is 22.6 Å². The molecule has 0 heterocycles. The quantitative estimate of drug-likeness (QED) is 0.810. The summed E-state index contributed by atoms with van der Waals surface area (Å²) in [4.78, 5) is 0. The zero-order chi connectivity index (χ0) is 19.5. The Labute approximate surface area is 144 Å². The molecule has 2 aromatic rings. The van der Waals surface area contributed by atoms with Gasteiger partial charge in [-0.05, 0) is 30.3 Å². The van der Waals surface area contributed by atoms with E-state index in [0.29, 0.717) is 0 Å². The highest BCUT2D eigenvalue weighted by Crippen LogP contribution is 2.31. The van der Waals surface area contributed by atoms with Crippen LogP contribution in [-0.2, 0) is 10.0 Å². The van der Waals surface area contributed by atoms with Crippen molar-refractivity contribution < 1.29 is 30.7 Å². The maximum atomic E-state index is 13.4. The summed E-state index contributed by atoms with van der Waals surface area (Å²) in [5, 5.41) is 17.9. The first-order valence-corrected chi connectivity index (χ1v) is 8.06. The summed E-state index contributed by atoms with van der Waals surface area (Å²) in [6.07, 6.45) is 0. The van der Waals surface area contributed by atoms with Crippen LogP contribution in [0.25, 0.3) is 0 Å². The van der Waals surface area contributed by atoms with E-state index in [0.717, 1.165) is 30.3 Å². The van der Waals surface area contributed by atoms with E-state index < -0.39 is 27.0 Å². The Balaban J connectivity index is 2.35. The van der Waals surface area contributed by atoms with Gasteiger partial charge < -0.3 is 4.74 Å². The first-order valence-electron chi connectivity index (χ1n) is 6.57. The molecular formula is C15H7F4N3O3S. The van der Waals surface area contributed by atoms with Crippen molar-refractivity contribution in [2.24, 2.45) is 0 Å². The van der Waals surface area contributed by atoms with Crippen molar-refractivity contribution in [3.8, 4) is 23.6 Å². The minimum atomic E-state index is -5.65. The van der Waals surface area contributed by atoms with Crippen LogP contribution < -0.4 is 9.46 Å². The Kier molecular flexibility index (Phi) is 5.05. The summed E-state index contributed by atoms with van der Waals surface area (Å²) in [7, 11) is -5.65. The highest BCUT2D eigenvalue weighted by atomic mass is 32.2. The van der Waals surface area contributed by atoms with E-state index in [1.54, 1.807) is 12.1 Å². The van der Waals surface area contributed by atoms with E-state index in [1.165, 1.54) is 10.8 Å². The predicted molar refractivity (Wildman–Crippen MR) is 80.9 cm³/mol. The van der Waals surface area contributed by atoms with Gasteiger partial charge in [-0.15, -0.1) is 0 Å². The second-order valence-corrected chi connectivity index (χ2v) is 6.44. The number of nitriles is 2. The van der Waals surface area contributed by atoms with Gasteiger partial charge in [0, 0.05) is 6.07 Å². The molecule has 0 atom stereocenters. The lowest BCUT2D eigenvalue weighted by atomic mass is 10.2. The Bertz CT molecular complexity index is 1040. The number of sulfonamides is 1. The van der Waals surface area contributed by atoms with E-state index in [4.69, 9.17) is 15.3 Å². The standard InChI is InChI=1S/C15H7F4N3O3S/c16-11-3-9(7-20)4-13(6-11)25-14-2-1-12(5-10(14)8-21)22-26(23,24)15(17,18)19/h1-6,22H. The molecular weight excluding hydrogens is 378 g/mol. The number of hydrogen-bond donors (Lipinski definition) is 1. The van der Waals surface area contributed by atoms with Crippen LogP contribution in [0, 0.1) is 28.5 Å². The van der Waals surface area contributed by atoms with Crippen LogP contribution in [0.2, 0.25) is 0 Å². The Morgan fingerprint density at radius 2 is 1.73 bits per heavy atom. The van der Waals surface area contributed by atoms with Crippen LogP contribution in [0.4, 0.5) is 23.2 Å². The normalized spacial score (nSPS) is 11.3. The molecule has 0 aliphatic rings. The number of hydrogen-bond acceptors (Lipinski definition) is 5. The molecule has 6 nitrogen and oxygen atoms in total. The third-order valence-electron chi connectivity index (χ3n) is 2.89. The third-order valence-corrected chi connectivity index (χ3v) is 4.00. The number of halogens is 4. The van der Waals surface area contributed by atoms with Crippen molar-refractivity contribution in [3.63, 3.8) is 0 Å². The molecule has 2 aromatic carbocycles. The smallest absolute Gasteiger partial charge is 0.456 e. The summed E-state index contributed by atoms with van der Waals surface area (Å²) >= 11 is 0. The van der Waals surface area contributed by atoms with E-state index in [2.05, 4.69) is 0 Å². The topological polar surface area (TPSA) is 103 Å². The summed E-state index contributed by atoms with van der Waals surface area (Å²) < 4.78 is 79.2. The average molecular weight is 385 g/mol. The fraction of sp³-hybridized carbons (Fsp3) is 0.0667. The number of nitrogens with one attached hydrogen (secondary N) is 1. The molecule has 134 valence electrons. The van der Waals surface area contributed by atoms with Gasteiger partial charge >= 0.3 is 15.5 Å². The van der Waals surface area contributed by atoms with Gasteiger partial charge in [0.1, 0.15) is 23.4 Å². The number of benzene rings is 2. The van der Waals surface area contributed by atoms with Gasteiger partial charge in [-0.1, -0.05) is 0 Å². The van der Waals surface area contributed by atoms with Crippen molar-refractivity contribution in [3.05, 3.63) is 53.3 Å². The first kappa shape index (κ1) is 19.0. The summed E-state index contributed by atoms with van der Waals surface area (Å²) in [6.45, 7) is 0. The molecule has 0 aliphatic carbocycles. The molecule has 0 saturated carbocycles. The van der Waals surface area contributed by atoms with Gasteiger partial charge in [-0.25, -0.2) is 4.39 Å². The van der Waals surface area contributed by atoms with Crippen molar-refractivity contribution in [1.82, 2.24) is 0 Å². The lowest BCUT2D eigenvalue weighted by Gasteiger charge is -2.12. The van der Waals surface area contributed by atoms with E-state index in [1.807, 2.05) is 0 Å². The monoisotopic (exact) mass is 385 g/mol. The molecule has 26 heavy (non-hydrogen) atoms. The molecule has 0 bridgehead atoms. The van der Waals surface area contributed by atoms with Crippen LogP contribution in [0.15, 0.2) is 36.4 Å². The van der Waals surface area contributed by atoms with E-state index in [9.17, 15) is 26.0 Å². The molecule has 0 saturated heterocycles. The summed E-state index contributed by atoms with van der Waals surface area (Å²) in [5.74, 6) is -1.06. The SMILES string of the molecule is N#Cc1cc(F)cc(Oc2ccc(NS(=O)(=O)C(F)(F)F)cc2C#N)c1. The largest absolute Gasteiger partial charge is 0.516 e. The summed E-state index contributed by atoms with van der Waals surface area (Å²) in [5.41, 5.74) is -6.39. The van der Waals surface area contributed by atoms with Crippen LogP contribution in [0.5, 0.6) is 11.5 Å². The Hall–Kier alpha value is -3.31. The minimum Gasteiger partial charge on any atom is -0.456 e. The van der Waals surface area contributed by atoms with Crippen LogP contribution in [0.3, 0.4) is 0 Å². The van der Waals surface area contributed by atoms with Crippen LogP contribution >= 0.6 is 0 Å². The van der Waals surface area contributed by atoms with Gasteiger partial charge in [0.2, 0.25) is 0 Å². The number of alkyl halides is 3. The minimum absolute atomic E-state index is 0.0481. The highest BCUT2D eigenvalue weighted by Gasteiger charge is 2.46. The molecule has 0 spiro atoms. The van der Waals surface area contributed by atoms with Gasteiger partial charge in [-0.3, -0.25) is 4.72 Å². The molecule has 0 aliphatic heterocycles.